The van der Waals surface area contributed by atoms with Crippen LogP contribution in [-0.2, 0) is 18.4 Å². The molecule has 0 radical (unpaired) electrons. The molecule has 2 rings (SSSR count). The number of allylic oxidation sites excluding steroid dienone is 1. The molecule has 1 N–H and O–H groups in total. The van der Waals surface area contributed by atoms with Gasteiger partial charge in [-0.05, 0) is 39.2 Å². The van der Waals surface area contributed by atoms with Gasteiger partial charge in [0.25, 0.3) is 0 Å². The van der Waals surface area contributed by atoms with Crippen molar-refractivity contribution in [2.45, 2.75) is 38.6 Å². The van der Waals surface area contributed by atoms with Gasteiger partial charge >= 0.3 is 0 Å². The van der Waals surface area contributed by atoms with Crippen molar-refractivity contribution in [3.05, 3.63) is 29.6 Å². The molecular weight excluding hydrogens is 264 g/mol. The van der Waals surface area contributed by atoms with Gasteiger partial charge in [-0.3, -0.25) is 14.4 Å². The maximum atomic E-state index is 11.9. The first-order valence-corrected chi connectivity index (χ1v) is 7.74. The van der Waals surface area contributed by atoms with Crippen LogP contribution in [0.3, 0.4) is 0 Å². The van der Waals surface area contributed by atoms with E-state index in [1.165, 1.54) is 31.3 Å². The van der Waals surface area contributed by atoms with E-state index in [-0.39, 0.29) is 5.91 Å². The second-order valence-electron chi connectivity index (χ2n) is 5.90. The smallest absolute Gasteiger partial charge is 0.234 e. The Morgan fingerprint density at radius 1 is 1.48 bits per heavy atom. The summed E-state index contributed by atoms with van der Waals surface area (Å²) in [5.41, 5.74) is 2.63. The highest BCUT2D eigenvalue weighted by Gasteiger charge is 2.09. The molecule has 0 bridgehead atoms. The van der Waals surface area contributed by atoms with Gasteiger partial charge in [0.05, 0.1) is 12.7 Å². The van der Waals surface area contributed by atoms with Gasteiger partial charge in [-0.25, -0.2) is 0 Å². The quantitative estimate of drug-likeness (QED) is 0.780. The Labute approximate surface area is 127 Å². The van der Waals surface area contributed by atoms with E-state index in [9.17, 15) is 4.79 Å². The zero-order valence-corrected chi connectivity index (χ0v) is 13.1. The molecule has 1 aliphatic rings. The standard InChI is InChI=1S/C16H26N4O/c1-19(11-15-10-18-20(2)12-15)13-16(21)17-9-8-14-6-4-3-5-7-14/h6,10,12H,3-5,7-9,11,13H2,1-2H3,(H,17,21). The van der Waals surface area contributed by atoms with E-state index >= 15 is 0 Å². The minimum Gasteiger partial charge on any atom is -0.355 e. The minimum absolute atomic E-state index is 0.0952. The summed E-state index contributed by atoms with van der Waals surface area (Å²) in [5.74, 6) is 0.0952. The monoisotopic (exact) mass is 290 g/mol. The molecule has 0 saturated heterocycles. The molecule has 0 fully saturated rings. The topological polar surface area (TPSA) is 50.2 Å². The molecule has 1 aromatic heterocycles. The van der Waals surface area contributed by atoms with Crippen molar-refractivity contribution < 1.29 is 4.79 Å². The first kappa shape index (κ1) is 15.8. The number of carbonyl (C=O) groups excluding carboxylic acids is 1. The van der Waals surface area contributed by atoms with Crippen LogP contribution in [0, 0.1) is 0 Å². The third kappa shape index (κ3) is 5.71. The van der Waals surface area contributed by atoms with E-state index in [0.717, 1.165) is 25.1 Å². The van der Waals surface area contributed by atoms with Crippen molar-refractivity contribution in [1.29, 1.82) is 0 Å². The fraction of sp³-hybridized carbons (Fsp3) is 0.625. The number of hydrogen-bond donors (Lipinski definition) is 1. The van der Waals surface area contributed by atoms with Crippen LogP contribution in [0.1, 0.15) is 37.7 Å². The minimum atomic E-state index is 0.0952. The molecule has 0 atom stereocenters. The molecule has 0 spiro atoms. The Hall–Kier alpha value is -1.62. The first-order valence-electron chi connectivity index (χ1n) is 7.74. The zero-order chi connectivity index (χ0) is 15.1. The molecule has 21 heavy (non-hydrogen) atoms. The Bertz CT molecular complexity index is 492. The molecule has 5 nitrogen and oxygen atoms in total. The summed E-state index contributed by atoms with van der Waals surface area (Å²) in [4.78, 5) is 13.9. The highest BCUT2D eigenvalue weighted by molar-refractivity contribution is 5.77. The van der Waals surface area contributed by atoms with Gasteiger partial charge in [-0.1, -0.05) is 11.6 Å². The number of hydrogen-bond acceptors (Lipinski definition) is 3. The molecule has 1 aromatic rings. The molecule has 0 aromatic carbocycles. The number of nitrogens with zero attached hydrogens (tertiary/aromatic N) is 3. The SMILES string of the molecule is CN(CC(=O)NCCC1=CCCCC1)Cc1cnn(C)c1. The summed E-state index contributed by atoms with van der Waals surface area (Å²) in [6.45, 7) is 1.92. The maximum Gasteiger partial charge on any atom is 0.234 e. The highest BCUT2D eigenvalue weighted by atomic mass is 16.2. The van der Waals surface area contributed by atoms with Crippen molar-refractivity contribution in [2.24, 2.45) is 7.05 Å². The van der Waals surface area contributed by atoms with Crippen molar-refractivity contribution in [1.82, 2.24) is 20.0 Å². The third-order valence-electron chi connectivity index (χ3n) is 3.78. The zero-order valence-electron chi connectivity index (χ0n) is 13.1. The molecule has 1 amide bonds. The predicted molar refractivity (Wildman–Crippen MR) is 83.7 cm³/mol. The molecule has 0 saturated carbocycles. The fourth-order valence-corrected chi connectivity index (χ4v) is 2.72. The van der Waals surface area contributed by atoms with Gasteiger partial charge in [0.1, 0.15) is 0 Å². The van der Waals surface area contributed by atoms with Crippen molar-refractivity contribution in [2.75, 3.05) is 20.1 Å². The largest absolute Gasteiger partial charge is 0.355 e. The Morgan fingerprint density at radius 3 is 3.00 bits per heavy atom. The van der Waals surface area contributed by atoms with E-state index in [1.54, 1.807) is 4.68 Å². The van der Waals surface area contributed by atoms with Crippen LogP contribution in [0.2, 0.25) is 0 Å². The summed E-state index contributed by atoms with van der Waals surface area (Å²) < 4.78 is 1.78. The third-order valence-corrected chi connectivity index (χ3v) is 3.78. The Morgan fingerprint density at radius 2 is 2.33 bits per heavy atom. The summed E-state index contributed by atoms with van der Waals surface area (Å²) >= 11 is 0. The van der Waals surface area contributed by atoms with Gasteiger partial charge in [-0.15, -0.1) is 0 Å². The Kier molecular flexibility index (Phi) is 5.99. The van der Waals surface area contributed by atoms with Crippen molar-refractivity contribution in [3.63, 3.8) is 0 Å². The van der Waals surface area contributed by atoms with Gasteiger partial charge < -0.3 is 5.32 Å². The molecule has 0 aliphatic heterocycles. The van der Waals surface area contributed by atoms with E-state index < -0.39 is 0 Å². The average Bonchev–Trinajstić information content (AvgIpc) is 2.85. The van der Waals surface area contributed by atoms with Crippen LogP contribution in [0.15, 0.2) is 24.0 Å². The van der Waals surface area contributed by atoms with Crippen LogP contribution in [0.4, 0.5) is 0 Å². The number of aryl methyl sites for hydroxylation is 1. The first-order chi connectivity index (χ1) is 10.1. The summed E-state index contributed by atoms with van der Waals surface area (Å²) in [6.07, 6.45) is 12.2. The van der Waals surface area contributed by atoms with Crippen LogP contribution in [-0.4, -0.2) is 40.7 Å². The van der Waals surface area contributed by atoms with Crippen molar-refractivity contribution >= 4 is 5.91 Å². The van der Waals surface area contributed by atoms with Crippen LogP contribution in [0.25, 0.3) is 0 Å². The fourth-order valence-electron chi connectivity index (χ4n) is 2.72. The second-order valence-corrected chi connectivity index (χ2v) is 5.90. The number of amides is 1. The van der Waals surface area contributed by atoms with E-state index in [2.05, 4.69) is 16.5 Å². The Balaban J connectivity index is 1.63. The molecule has 1 heterocycles. The predicted octanol–water partition coefficient (Wildman–Crippen LogP) is 1.86. The van der Waals surface area contributed by atoms with Gasteiger partial charge in [0.15, 0.2) is 0 Å². The van der Waals surface area contributed by atoms with Crippen LogP contribution >= 0.6 is 0 Å². The molecule has 116 valence electrons. The summed E-state index contributed by atoms with van der Waals surface area (Å²) in [6, 6.07) is 0. The normalized spacial score (nSPS) is 15.1. The van der Waals surface area contributed by atoms with Crippen LogP contribution in [0.5, 0.6) is 0 Å². The number of rotatable bonds is 7. The maximum absolute atomic E-state index is 11.9. The van der Waals surface area contributed by atoms with E-state index in [0.29, 0.717) is 6.54 Å². The number of aromatic nitrogens is 2. The van der Waals surface area contributed by atoms with Crippen LogP contribution < -0.4 is 5.32 Å². The van der Waals surface area contributed by atoms with E-state index in [1.807, 2.05) is 31.4 Å². The number of likely N-dealkylation sites (N-methyl/N-ethyl adjacent to an activating group) is 1. The molecule has 1 aliphatic carbocycles. The summed E-state index contributed by atoms with van der Waals surface area (Å²) in [7, 11) is 3.85. The molecule has 0 unspecified atom stereocenters. The number of nitrogens with one attached hydrogen (secondary N) is 1. The lowest BCUT2D eigenvalue weighted by atomic mass is 9.97. The average molecular weight is 290 g/mol. The lowest BCUT2D eigenvalue weighted by Gasteiger charge is -2.16. The van der Waals surface area contributed by atoms with Gasteiger partial charge in [0, 0.05) is 31.9 Å². The molecule has 5 heteroatoms. The number of carbonyl (C=O) groups is 1. The summed E-state index contributed by atoms with van der Waals surface area (Å²) in [5, 5.41) is 7.14. The lowest BCUT2D eigenvalue weighted by Crippen LogP contribution is -2.35. The second kappa shape index (κ2) is 7.98. The van der Waals surface area contributed by atoms with Gasteiger partial charge in [0.2, 0.25) is 5.91 Å². The molecular formula is C16H26N4O. The lowest BCUT2D eigenvalue weighted by molar-refractivity contribution is -0.122. The van der Waals surface area contributed by atoms with Gasteiger partial charge in [-0.2, -0.15) is 5.10 Å². The highest BCUT2D eigenvalue weighted by Crippen LogP contribution is 2.19. The van der Waals surface area contributed by atoms with Crippen molar-refractivity contribution in [3.8, 4) is 0 Å². The van der Waals surface area contributed by atoms with E-state index in [4.69, 9.17) is 0 Å².